The molecule has 4 aromatic rings. The lowest BCUT2D eigenvalue weighted by atomic mass is 9.72. The molecule has 5 rings (SSSR count). The van der Waals surface area contributed by atoms with Gasteiger partial charge in [0.2, 0.25) is 0 Å². The topological polar surface area (TPSA) is 65.1 Å². The fraction of sp³-hybridized carbons (Fsp3) is 0.440. The number of thioether (sulfide) groups is 1. The first kappa shape index (κ1) is 22.3. The molecule has 0 aromatic carbocycles. The predicted molar refractivity (Wildman–Crippen MR) is 135 cm³/mol. The Morgan fingerprint density at radius 1 is 1.21 bits per heavy atom. The molecule has 0 radical (unpaired) electrons. The minimum Gasteiger partial charge on any atom is -0.304 e. The van der Waals surface area contributed by atoms with Gasteiger partial charge in [-0.05, 0) is 60.8 Å². The first-order chi connectivity index (χ1) is 15.7. The molecule has 6 nitrogen and oxygen atoms in total. The van der Waals surface area contributed by atoms with E-state index in [-0.39, 0.29) is 5.56 Å². The summed E-state index contributed by atoms with van der Waals surface area (Å²) in [7, 11) is 2.01. The van der Waals surface area contributed by atoms with Gasteiger partial charge in [0, 0.05) is 29.9 Å². The molecule has 1 aliphatic carbocycles. The highest BCUT2D eigenvalue weighted by molar-refractivity contribution is 7.98. The van der Waals surface area contributed by atoms with E-state index in [1.54, 1.807) is 22.2 Å². The molecule has 1 atom stereocenters. The van der Waals surface area contributed by atoms with E-state index < -0.39 is 0 Å². The van der Waals surface area contributed by atoms with E-state index in [0.717, 1.165) is 41.0 Å². The van der Waals surface area contributed by atoms with Crippen LogP contribution < -0.4 is 5.56 Å². The van der Waals surface area contributed by atoms with Crippen molar-refractivity contribution in [2.75, 3.05) is 0 Å². The van der Waals surface area contributed by atoms with Crippen LogP contribution in [0.1, 0.15) is 48.9 Å². The fourth-order valence-corrected chi connectivity index (χ4v) is 6.53. The summed E-state index contributed by atoms with van der Waals surface area (Å²) in [5, 5.41) is 9.77. The third-order valence-electron chi connectivity index (χ3n) is 6.57. The maximum atomic E-state index is 12.5. The Morgan fingerprint density at radius 3 is 2.82 bits per heavy atom. The number of rotatable bonds is 4. The Bertz CT molecular complexity index is 1390. The lowest BCUT2D eigenvalue weighted by Crippen LogP contribution is -2.26. The summed E-state index contributed by atoms with van der Waals surface area (Å²) in [4.78, 5) is 19.8. The van der Waals surface area contributed by atoms with E-state index >= 15 is 0 Å². The maximum absolute atomic E-state index is 12.5. The van der Waals surface area contributed by atoms with Crippen LogP contribution in [0.3, 0.4) is 0 Å². The zero-order chi connectivity index (χ0) is 23.3. The zero-order valence-electron chi connectivity index (χ0n) is 19.8. The Balaban J connectivity index is 1.35. The lowest BCUT2D eigenvalue weighted by Gasteiger charge is -2.33. The Hall–Kier alpha value is -2.45. The molecule has 0 bridgehead atoms. The highest BCUT2D eigenvalue weighted by Crippen LogP contribution is 2.42. The molecule has 33 heavy (non-hydrogen) atoms. The van der Waals surface area contributed by atoms with E-state index in [9.17, 15) is 4.79 Å². The van der Waals surface area contributed by atoms with Crippen molar-refractivity contribution in [3.05, 3.63) is 62.5 Å². The first-order valence-corrected chi connectivity index (χ1v) is 13.1. The molecule has 0 saturated heterocycles. The summed E-state index contributed by atoms with van der Waals surface area (Å²) < 4.78 is 3.65. The van der Waals surface area contributed by atoms with Gasteiger partial charge in [0.1, 0.15) is 5.65 Å². The molecule has 0 spiro atoms. The number of thiophene rings is 1. The highest BCUT2D eigenvalue weighted by Gasteiger charge is 2.30. The average Bonchev–Trinajstić information content (AvgIpc) is 3.34. The summed E-state index contributed by atoms with van der Waals surface area (Å²) in [6, 6.07) is 7.78. The SMILES string of the molecule is Cc1ccc2nc(CSc3nnc(-c4cc5c(s4)CCC(C(C)(C)C)C5)n3C)cc(=O)n2c1. The summed E-state index contributed by atoms with van der Waals surface area (Å²) in [5.41, 5.74) is 4.21. The van der Waals surface area contributed by atoms with Crippen LogP contribution in [-0.2, 0) is 25.6 Å². The summed E-state index contributed by atoms with van der Waals surface area (Å²) in [6.45, 7) is 9.01. The standard InChI is InChI=1S/C25H29N5OS2/c1-15-6-9-21-26-18(12-22(31)30(21)13-15)14-32-24-28-27-23(29(24)5)20-11-16-10-17(25(2,3)4)7-8-19(16)33-20/h6,9,11-13,17H,7-8,10,14H2,1-5H3. The Labute approximate surface area is 202 Å². The number of hydrogen-bond acceptors (Lipinski definition) is 6. The quantitative estimate of drug-likeness (QED) is 0.372. The summed E-state index contributed by atoms with van der Waals surface area (Å²) in [6.07, 6.45) is 5.39. The van der Waals surface area contributed by atoms with Crippen molar-refractivity contribution in [1.82, 2.24) is 24.1 Å². The third kappa shape index (κ3) is 4.38. The molecule has 172 valence electrons. The monoisotopic (exact) mass is 479 g/mol. The van der Waals surface area contributed by atoms with Crippen LogP contribution in [-0.4, -0.2) is 24.1 Å². The van der Waals surface area contributed by atoms with Crippen LogP contribution in [0, 0.1) is 18.3 Å². The molecule has 0 saturated carbocycles. The second-order valence-corrected chi connectivity index (χ2v) is 12.1. The van der Waals surface area contributed by atoms with E-state index in [1.165, 1.54) is 21.7 Å². The largest absolute Gasteiger partial charge is 0.304 e. The van der Waals surface area contributed by atoms with Crippen molar-refractivity contribution >= 4 is 28.7 Å². The highest BCUT2D eigenvalue weighted by atomic mass is 32.2. The minimum atomic E-state index is -0.0596. The van der Waals surface area contributed by atoms with E-state index in [4.69, 9.17) is 0 Å². The molecular weight excluding hydrogens is 450 g/mol. The van der Waals surface area contributed by atoms with E-state index in [1.807, 2.05) is 43.6 Å². The van der Waals surface area contributed by atoms with Gasteiger partial charge in [0.05, 0.1) is 10.6 Å². The van der Waals surface area contributed by atoms with Crippen LogP contribution >= 0.6 is 23.1 Å². The van der Waals surface area contributed by atoms with Gasteiger partial charge in [-0.3, -0.25) is 9.20 Å². The van der Waals surface area contributed by atoms with Gasteiger partial charge in [-0.1, -0.05) is 38.6 Å². The van der Waals surface area contributed by atoms with Crippen LogP contribution in [0.25, 0.3) is 16.3 Å². The average molecular weight is 480 g/mol. The zero-order valence-corrected chi connectivity index (χ0v) is 21.4. The molecule has 4 heterocycles. The molecule has 0 N–H and O–H groups in total. The molecule has 1 unspecified atom stereocenters. The number of hydrogen-bond donors (Lipinski definition) is 0. The molecule has 1 aliphatic rings. The fourth-order valence-electron chi connectivity index (χ4n) is 4.50. The first-order valence-electron chi connectivity index (χ1n) is 11.3. The van der Waals surface area contributed by atoms with Crippen LogP contribution in [0.2, 0.25) is 0 Å². The Kier molecular flexibility index (Phi) is 5.69. The second kappa shape index (κ2) is 8.40. The number of aromatic nitrogens is 5. The molecule has 8 heteroatoms. The molecule has 0 aliphatic heterocycles. The summed E-state index contributed by atoms with van der Waals surface area (Å²) in [5.74, 6) is 2.20. The number of nitrogens with zero attached hydrogens (tertiary/aromatic N) is 5. The lowest BCUT2D eigenvalue weighted by molar-refractivity contribution is 0.217. The van der Waals surface area contributed by atoms with Crippen molar-refractivity contribution in [3.8, 4) is 10.7 Å². The predicted octanol–water partition coefficient (Wildman–Crippen LogP) is 5.30. The van der Waals surface area contributed by atoms with E-state index in [2.05, 4.69) is 46.6 Å². The van der Waals surface area contributed by atoms with Gasteiger partial charge in [-0.15, -0.1) is 21.5 Å². The molecule has 4 aromatic heterocycles. The number of pyridine rings is 1. The maximum Gasteiger partial charge on any atom is 0.258 e. The van der Waals surface area contributed by atoms with Gasteiger partial charge in [-0.25, -0.2) is 4.98 Å². The third-order valence-corrected chi connectivity index (χ3v) is 8.86. The number of aryl methyl sites for hydroxylation is 2. The van der Waals surface area contributed by atoms with E-state index in [0.29, 0.717) is 16.8 Å². The van der Waals surface area contributed by atoms with Gasteiger partial charge in [0.15, 0.2) is 11.0 Å². The number of fused-ring (bicyclic) bond motifs is 2. The van der Waals surface area contributed by atoms with Gasteiger partial charge >= 0.3 is 0 Å². The van der Waals surface area contributed by atoms with Gasteiger partial charge in [0.25, 0.3) is 5.56 Å². The van der Waals surface area contributed by atoms with Gasteiger partial charge in [-0.2, -0.15) is 0 Å². The van der Waals surface area contributed by atoms with Crippen LogP contribution in [0.5, 0.6) is 0 Å². The smallest absolute Gasteiger partial charge is 0.258 e. The minimum absolute atomic E-state index is 0.0596. The molecule has 0 fully saturated rings. The summed E-state index contributed by atoms with van der Waals surface area (Å²) >= 11 is 3.42. The Morgan fingerprint density at radius 2 is 2.03 bits per heavy atom. The molecular formula is C25H29N5OS2. The van der Waals surface area contributed by atoms with Crippen molar-refractivity contribution in [1.29, 1.82) is 0 Å². The van der Waals surface area contributed by atoms with Crippen molar-refractivity contribution in [2.45, 2.75) is 57.9 Å². The van der Waals surface area contributed by atoms with Gasteiger partial charge < -0.3 is 4.57 Å². The van der Waals surface area contributed by atoms with Crippen molar-refractivity contribution < 1.29 is 0 Å². The van der Waals surface area contributed by atoms with Crippen molar-refractivity contribution in [2.24, 2.45) is 18.4 Å². The van der Waals surface area contributed by atoms with Crippen LogP contribution in [0.15, 0.2) is 40.4 Å². The van der Waals surface area contributed by atoms with Crippen molar-refractivity contribution in [3.63, 3.8) is 0 Å². The second-order valence-electron chi connectivity index (χ2n) is 10.0. The normalized spacial score (nSPS) is 16.3. The van der Waals surface area contributed by atoms with Crippen LogP contribution in [0.4, 0.5) is 0 Å². The molecule has 0 amide bonds.